The Bertz CT molecular complexity index is 1830. The van der Waals surface area contributed by atoms with E-state index in [0.717, 1.165) is 58.5 Å². The third-order valence-electron chi connectivity index (χ3n) is 8.75. The lowest BCUT2D eigenvalue weighted by atomic mass is 9.96. The smallest absolute Gasteiger partial charge is 0.253 e. The summed E-state index contributed by atoms with van der Waals surface area (Å²) in [5, 5.41) is 4.18. The molecule has 1 aliphatic heterocycles. The summed E-state index contributed by atoms with van der Waals surface area (Å²) in [5.74, 6) is 1.38. The Kier molecular flexibility index (Phi) is 7.44. The second kappa shape index (κ2) is 11.7. The number of nitrogens with one attached hydrogen (secondary N) is 1. The molecule has 1 amide bonds. The highest BCUT2D eigenvalue weighted by molar-refractivity contribution is 5.98. The van der Waals surface area contributed by atoms with Gasteiger partial charge in [0.1, 0.15) is 28.8 Å². The van der Waals surface area contributed by atoms with E-state index in [1.165, 1.54) is 12.1 Å². The Morgan fingerprint density at radius 3 is 2.41 bits per heavy atom. The fourth-order valence-electron chi connectivity index (χ4n) is 6.18. The van der Waals surface area contributed by atoms with Crippen LogP contribution in [-0.2, 0) is 11.2 Å². The van der Waals surface area contributed by atoms with Crippen molar-refractivity contribution in [3.05, 3.63) is 108 Å². The molecule has 2 aliphatic rings. The van der Waals surface area contributed by atoms with Gasteiger partial charge in [-0.05, 0) is 83.1 Å². The Hall–Kier alpha value is -4.82. The van der Waals surface area contributed by atoms with E-state index in [9.17, 15) is 14.0 Å². The highest BCUT2D eigenvalue weighted by Crippen LogP contribution is 2.48. The Balaban J connectivity index is 1.13. The first-order valence-electron chi connectivity index (χ1n) is 15.1. The van der Waals surface area contributed by atoms with Crippen molar-refractivity contribution in [2.75, 3.05) is 31.9 Å². The van der Waals surface area contributed by atoms with Crippen molar-refractivity contribution < 1.29 is 18.4 Å². The molecule has 1 aliphatic carbocycles. The van der Waals surface area contributed by atoms with Crippen LogP contribution >= 0.6 is 0 Å². The molecule has 8 heteroatoms. The second-order valence-corrected chi connectivity index (χ2v) is 11.7. The summed E-state index contributed by atoms with van der Waals surface area (Å²) in [4.78, 5) is 32.0. The van der Waals surface area contributed by atoms with Crippen molar-refractivity contribution >= 4 is 28.5 Å². The number of carbonyl (C=O) groups excluding carboxylic acids is 2. The van der Waals surface area contributed by atoms with Crippen LogP contribution in [-0.4, -0.2) is 47.8 Å². The summed E-state index contributed by atoms with van der Waals surface area (Å²) < 4.78 is 20.1. The maximum absolute atomic E-state index is 13.8. The number of benzene rings is 3. The van der Waals surface area contributed by atoms with E-state index in [0.29, 0.717) is 42.9 Å². The molecule has 3 heterocycles. The number of Topliss-reactive ketones (excluding diaryl/α,β-unsaturated/α-hetero) is 1. The van der Waals surface area contributed by atoms with Crippen LogP contribution in [0.25, 0.3) is 33.2 Å². The van der Waals surface area contributed by atoms with Crippen molar-refractivity contribution in [1.82, 2.24) is 15.2 Å². The highest BCUT2D eigenvalue weighted by Gasteiger charge is 2.43. The average Bonchev–Trinajstić information content (AvgIpc) is 3.75. The van der Waals surface area contributed by atoms with Crippen LogP contribution in [0.2, 0.25) is 0 Å². The number of aryl methyl sites for hydroxylation is 1. The number of hydrogen-bond acceptors (Lipinski definition) is 6. The number of nitrogen functional groups attached to an aromatic ring is 1. The van der Waals surface area contributed by atoms with Gasteiger partial charge >= 0.3 is 0 Å². The number of carbonyl (C=O) groups is 2. The molecular weight excluding hydrogens is 555 g/mol. The van der Waals surface area contributed by atoms with Gasteiger partial charge in [-0.25, -0.2) is 9.37 Å². The Morgan fingerprint density at radius 1 is 0.932 bits per heavy atom. The first-order valence-corrected chi connectivity index (χ1v) is 15.1. The molecule has 0 spiro atoms. The van der Waals surface area contributed by atoms with Crippen molar-refractivity contribution in [2.24, 2.45) is 5.92 Å². The first-order chi connectivity index (χ1) is 21.4. The van der Waals surface area contributed by atoms with Gasteiger partial charge in [0, 0.05) is 67.6 Å². The number of nitrogens with zero attached hydrogens (tertiary/aromatic N) is 2. The van der Waals surface area contributed by atoms with E-state index in [4.69, 9.17) is 10.2 Å². The number of nitrogens with two attached hydrogens (primary N) is 1. The van der Waals surface area contributed by atoms with Crippen molar-refractivity contribution in [3.63, 3.8) is 0 Å². The van der Waals surface area contributed by atoms with Crippen LogP contribution in [0.4, 0.5) is 10.2 Å². The maximum Gasteiger partial charge on any atom is 0.253 e. The molecule has 0 unspecified atom stereocenters. The lowest BCUT2D eigenvalue weighted by molar-refractivity contribution is -0.120. The molecule has 3 N–H and O–H groups in total. The summed E-state index contributed by atoms with van der Waals surface area (Å²) >= 11 is 0. The molecule has 7 rings (SSSR count). The third kappa shape index (κ3) is 5.73. The number of halogens is 1. The number of aromatic nitrogens is 1. The van der Waals surface area contributed by atoms with Gasteiger partial charge in [-0.15, -0.1) is 0 Å². The SMILES string of the molecule is Nc1ccc([C@@H]2C[C@H]2C(=O)CCc2cc3cc(-c4ccc(C(=O)N5CCNCC5)cc4)cc(-c4ccc(F)cc4)c3o2)cn1. The normalized spacial score (nSPS) is 18.0. The topological polar surface area (TPSA) is 101 Å². The molecule has 1 saturated carbocycles. The minimum atomic E-state index is -0.308. The second-order valence-electron chi connectivity index (χ2n) is 11.7. The zero-order valence-electron chi connectivity index (χ0n) is 24.3. The largest absolute Gasteiger partial charge is 0.460 e. The van der Waals surface area contributed by atoms with Crippen LogP contribution in [0.1, 0.15) is 40.4 Å². The number of anilines is 1. The molecule has 44 heavy (non-hydrogen) atoms. The molecule has 3 aromatic carbocycles. The Labute approximate surface area is 254 Å². The molecule has 5 aromatic rings. The first kappa shape index (κ1) is 28.0. The van der Waals surface area contributed by atoms with Crippen LogP contribution in [0.3, 0.4) is 0 Å². The summed E-state index contributed by atoms with van der Waals surface area (Å²) in [6, 6.07) is 23.9. The van der Waals surface area contributed by atoms with Crippen LogP contribution in [0.15, 0.2) is 89.5 Å². The summed E-state index contributed by atoms with van der Waals surface area (Å²) in [6.45, 7) is 3.01. The molecular formula is C36H33FN4O3. The van der Waals surface area contributed by atoms with Gasteiger partial charge < -0.3 is 20.4 Å². The summed E-state index contributed by atoms with van der Waals surface area (Å²) in [7, 11) is 0. The molecule has 7 nitrogen and oxygen atoms in total. The minimum Gasteiger partial charge on any atom is -0.460 e. The third-order valence-corrected chi connectivity index (χ3v) is 8.75. The van der Waals surface area contributed by atoms with Gasteiger partial charge in [0.2, 0.25) is 0 Å². The van der Waals surface area contributed by atoms with E-state index in [-0.39, 0.29) is 29.3 Å². The highest BCUT2D eigenvalue weighted by atomic mass is 19.1. The number of piperazine rings is 1. The van der Waals surface area contributed by atoms with Crippen LogP contribution < -0.4 is 11.1 Å². The monoisotopic (exact) mass is 588 g/mol. The van der Waals surface area contributed by atoms with E-state index in [1.807, 2.05) is 47.4 Å². The molecule has 222 valence electrons. The lowest BCUT2D eigenvalue weighted by Gasteiger charge is -2.27. The van der Waals surface area contributed by atoms with Crippen LogP contribution in [0, 0.1) is 11.7 Å². The number of ketones is 1. The minimum absolute atomic E-state index is 0.00705. The average molecular weight is 589 g/mol. The molecule has 2 fully saturated rings. The van der Waals surface area contributed by atoms with E-state index in [2.05, 4.69) is 16.4 Å². The molecule has 0 bridgehead atoms. The summed E-state index contributed by atoms with van der Waals surface area (Å²) in [6.07, 6.45) is 3.49. The molecule has 2 aromatic heterocycles. The van der Waals surface area contributed by atoms with Gasteiger partial charge in [0.05, 0.1) is 0 Å². The predicted molar refractivity (Wildman–Crippen MR) is 169 cm³/mol. The fraction of sp³-hybridized carbons (Fsp3) is 0.250. The number of amides is 1. The van der Waals surface area contributed by atoms with E-state index in [1.54, 1.807) is 24.4 Å². The van der Waals surface area contributed by atoms with Crippen molar-refractivity contribution in [3.8, 4) is 22.3 Å². The van der Waals surface area contributed by atoms with Gasteiger partial charge in [-0.2, -0.15) is 0 Å². The number of rotatable bonds is 8. The Morgan fingerprint density at radius 2 is 1.68 bits per heavy atom. The molecule has 2 atom stereocenters. The van der Waals surface area contributed by atoms with E-state index >= 15 is 0 Å². The molecule has 0 radical (unpaired) electrons. The van der Waals surface area contributed by atoms with Gasteiger partial charge in [-0.3, -0.25) is 9.59 Å². The zero-order chi connectivity index (χ0) is 30.2. The number of furan rings is 1. The predicted octanol–water partition coefficient (Wildman–Crippen LogP) is 6.23. The number of pyridine rings is 1. The van der Waals surface area contributed by atoms with Gasteiger partial charge in [0.25, 0.3) is 5.91 Å². The molecule has 1 saturated heterocycles. The lowest BCUT2D eigenvalue weighted by Crippen LogP contribution is -2.46. The maximum atomic E-state index is 13.8. The van der Waals surface area contributed by atoms with Crippen molar-refractivity contribution in [1.29, 1.82) is 0 Å². The van der Waals surface area contributed by atoms with Gasteiger partial charge in [0.15, 0.2) is 0 Å². The standard InChI is InChI=1S/C36H33FN4O3/c37-28-8-5-23(6-9-28)31-19-26(22-1-3-24(4-2-22)36(43)41-15-13-39-14-16-41)17-27-18-29(44-35(27)31)10-11-33(42)32-20-30(32)25-7-12-34(38)40-21-25/h1-9,12,17-19,21,30,32,39H,10-11,13-16,20H2,(H2,38,40)/t30-,32+/m0/s1. The fourth-order valence-corrected chi connectivity index (χ4v) is 6.18. The van der Waals surface area contributed by atoms with Crippen LogP contribution in [0.5, 0.6) is 0 Å². The van der Waals surface area contributed by atoms with Crippen molar-refractivity contribution in [2.45, 2.75) is 25.2 Å². The van der Waals surface area contributed by atoms with Gasteiger partial charge in [-0.1, -0.05) is 30.3 Å². The quantitative estimate of drug-likeness (QED) is 0.223. The number of hydrogen-bond donors (Lipinski definition) is 2. The summed E-state index contributed by atoms with van der Waals surface area (Å²) in [5.41, 5.74) is 11.7. The number of fused-ring (bicyclic) bond motifs is 1. The zero-order valence-corrected chi connectivity index (χ0v) is 24.3. The van der Waals surface area contributed by atoms with E-state index < -0.39 is 0 Å².